The Morgan fingerprint density at radius 3 is 3.00 bits per heavy atom. The third-order valence-corrected chi connectivity index (χ3v) is 3.31. The summed E-state index contributed by atoms with van der Waals surface area (Å²) in [6, 6.07) is 2.22. The van der Waals surface area contributed by atoms with Crippen LogP contribution in [0.25, 0.3) is 0 Å². The second-order valence-electron chi connectivity index (χ2n) is 4.65. The van der Waals surface area contributed by atoms with Crippen molar-refractivity contribution >= 4 is 11.7 Å². The van der Waals surface area contributed by atoms with Crippen molar-refractivity contribution < 1.29 is 4.79 Å². The van der Waals surface area contributed by atoms with Gasteiger partial charge in [-0.25, -0.2) is 9.36 Å². The highest BCUT2D eigenvalue weighted by Gasteiger charge is 2.20. The zero-order valence-electron chi connectivity index (χ0n) is 10.4. The molecule has 0 bridgehead atoms. The van der Waals surface area contributed by atoms with Crippen molar-refractivity contribution in [3.8, 4) is 0 Å². The number of nitrogens with zero attached hydrogens (tertiary/aromatic N) is 6. The first-order chi connectivity index (χ1) is 9.33. The van der Waals surface area contributed by atoms with Crippen LogP contribution in [0.4, 0.5) is 5.82 Å². The van der Waals surface area contributed by atoms with Gasteiger partial charge < -0.3 is 5.32 Å². The van der Waals surface area contributed by atoms with Crippen LogP contribution < -0.4 is 5.32 Å². The van der Waals surface area contributed by atoms with Gasteiger partial charge in [-0.2, -0.15) is 5.10 Å². The van der Waals surface area contributed by atoms with Gasteiger partial charge in [-0.15, -0.1) is 5.10 Å². The van der Waals surface area contributed by atoms with Gasteiger partial charge in [0.25, 0.3) is 0 Å². The lowest BCUT2D eigenvalue weighted by atomic mass is 10.2. The first kappa shape index (κ1) is 11.8. The number of hydrogen-bond acceptors (Lipinski definition) is 5. The molecular formula is C11H15N7O. The van der Waals surface area contributed by atoms with E-state index in [0.717, 1.165) is 18.7 Å². The molecular weight excluding hydrogens is 246 g/mol. The summed E-state index contributed by atoms with van der Waals surface area (Å²) in [5, 5.41) is 17.8. The minimum Gasteiger partial charge on any atom is -0.309 e. The van der Waals surface area contributed by atoms with Gasteiger partial charge in [0.15, 0.2) is 0 Å². The van der Waals surface area contributed by atoms with Gasteiger partial charge in [0.2, 0.25) is 5.91 Å². The smallest absolute Gasteiger partial charge is 0.247 e. The van der Waals surface area contributed by atoms with Crippen LogP contribution in [0, 0.1) is 0 Å². The largest absolute Gasteiger partial charge is 0.309 e. The van der Waals surface area contributed by atoms with Crippen LogP contribution >= 0.6 is 0 Å². The van der Waals surface area contributed by atoms with E-state index < -0.39 is 0 Å². The minimum absolute atomic E-state index is 0.100. The van der Waals surface area contributed by atoms with Crippen molar-refractivity contribution in [3.05, 3.63) is 18.6 Å². The third-order valence-electron chi connectivity index (χ3n) is 3.31. The molecule has 0 unspecified atom stereocenters. The van der Waals surface area contributed by atoms with Crippen molar-refractivity contribution in [2.75, 3.05) is 5.32 Å². The van der Waals surface area contributed by atoms with E-state index in [-0.39, 0.29) is 12.5 Å². The Morgan fingerprint density at radius 2 is 2.26 bits per heavy atom. The monoisotopic (exact) mass is 261 g/mol. The Labute approximate surface area is 109 Å². The van der Waals surface area contributed by atoms with Crippen LogP contribution in [0.5, 0.6) is 0 Å². The lowest BCUT2D eigenvalue weighted by molar-refractivity contribution is -0.117. The number of amides is 1. The Morgan fingerprint density at radius 1 is 1.42 bits per heavy atom. The molecule has 1 fully saturated rings. The molecule has 2 aromatic rings. The summed E-state index contributed by atoms with van der Waals surface area (Å²) in [6.07, 6.45) is 7.82. The van der Waals surface area contributed by atoms with E-state index in [1.807, 2.05) is 10.7 Å². The average molecular weight is 261 g/mol. The molecule has 8 nitrogen and oxygen atoms in total. The molecule has 2 heterocycles. The van der Waals surface area contributed by atoms with Gasteiger partial charge in [-0.05, 0) is 23.3 Å². The predicted molar refractivity (Wildman–Crippen MR) is 66.2 cm³/mol. The van der Waals surface area contributed by atoms with E-state index in [0.29, 0.717) is 6.04 Å². The molecule has 0 atom stereocenters. The van der Waals surface area contributed by atoms with Gasteiger partial charge in [-0.1, -0.05) is 12.8 Å². The molecule has 1 aliphatic rings. The van der Waals surface area contributed by atoms with E-state index in [1.165, 1.54) is 23.9 Å². The number of hydrogen-bond donors (Lipinski definition) is 1. The zero-order chi connectivity index (χ0) is 13.1. The van der Waals surface area contributed by atoms with Crippen LogP contribution in [-0.4, -0.2) is 35.9 Å². The molecule has 0 aromatic carbocycles. The van der Waals surface area contributed by atoms with Crippen LogP contribution in [0.15, 0.2) is 18.6 Å². The molecule has 19 heavy (non-hydrogen) atoms. The summed E-state index contributed by atoms with van der Waals surface area (Å²) >= 11 is 0. The highest BCUT2D eigenvalue weighted by Crippen LogP contribution is 2.31. The SMILES string of the molecule is O=C(Cn1cnnn1)Nc1ccnn1C1CCCC1. The van der Waals surface area contributed by atoms with Gasteiger partial charge in [0.1, 0.15) is 18.7 Å². The molecule has 1 N–H and O–H groups in total. The average Bonchev–Trinajstić information content (AvgIpc) is 3.09. The second-order valence-corrected chi connectivity index (χ2v) is 4.65. The summed E-state index contributed by atoms with van der Waals surface area (Å²) in [6.45, 7) is 0.100. The minimum atomic E-state index is -0.160. The lowest BCUT2D eigenvalue weighted by Crippen LogP contribution is -2.22. The zero-order valence-corrected chi connectivity index (χ0v) is 10.4. The highest BCUT2D eigenvalue weighted by atomic mass is 16.2. The molecule has 1 amide bonds. The number of carbonyl (C=O) groups is 1. The first-order valence-corrected chi connectivity index (χ1v) is 6.37. The topological polar surface area (TPSA) is 90.5 Å². The maximum Gasteiger partial charge on any atom is 0.247 e. The van der Waals surface area contributed by atoms with Crippen molar-refractivity contribution in [1.29, 1.82) is 0 Å². The quantitative estimate of drug-likeness (QED) is 0.871. The van der Waals surface area contributed by atoms with E-state index in [4.69, 9.17) is 0 Å². The van der Waals surface area contributed by atoms with Crippen LogP contribution in [0.1, 0.15) is 31.7 Å². The van der Waals surface area contributed by atoms with Gasteiger partial charge >= 0.3 is 0 Å². The fourth-order valence-corrected chi connectivity index (χ4v) is 2.44. The number of anilines is 1. The first-order valence-electron chi connectivity index (χ1n) is 6.37. The maximum atomic E-state index is 11.9. The maximum absolute atomic E-state index is 11.9. The molecule has 0 saturated heterocycles. The van der Waals surface area contributed by atoms with Gasteiger partial charge in [-0.3, -0.25) is 4.79 Å². The fourth-order valence-electron chi connectivity index (χ4n) is 2.44. The summed E-state index contributed by atoms with van der Waals surface area (Å²) in [7, 11) is 0. The molecule has 3 rings (SSSR count). The van der Waals surface area contributed by atoms with E-state index >= 15 is 0 Å². The second kappa shape index (κ2) is 5.17. The van der Waals surface area contributed by atoms with Crippen molar-refractivity contribution in [1.82, 2.24) is 30.0 Å². The van der Waals surface area contributed by atoms with Crippen LogP contribution in [0.2, 0.25) is 0 Å². The number of nitrogens with one attached hydrogen (secondary N) is 1. The predicted octanol–water partition coefficient (Wildman–Crippen LogP) is 0.623. The highest BCUT2D eigenvalue weighted by molar-refractivity contribution is 5.89. The number of carbonyl (C=O) groups excluding carboxylic acids is 1. The molecule has 0 spiro atoms. The lowest BCUT2D eigenvalue weighted by Gasteiger charge is -2.14. The number of aromatic nitrogens is 6. The molecule has 0 aliphatic heterocycles. The Balaban J connectivity index is 1.66. The van der Waals surface area contributed by atoms with Gasteiger partial charge in [0, 0.05) is 6.07 Å². The Bertz CT molecular complexity index is 541. The molecule has 1 aliphatic carbocycles. The standard InChI is InChI=1S/C11H15N7O/c19-11(7-17-8-12-15-16-17)14-10-5-6-13-18(10)9-3-1-2-4-9/h5-6,8-9H,1-4,7H2,(H,14,19). The van der Waals surface area contributed by atoms with Crippen LogP contribution in [0.3, 0.4) is 0 Å². The number of tetrazole rings is 1. The molecule has 100 valence electrons. The number of rotatable bonds is 4. The Hall–Kier alpha value is -2.25. The molecule has 2 aromatic heterocycles. The molecule has 1 saturated carbocycles. The molecule has 8 heteroatoms. The van der Waals surface area contributed by atoms with Gasteiger partial charge in [0.05, 0.1) is 12.2 Å². The van der Waals surface area contributed by atoms with E-state index in [2.05, 4.69) is 25.9 Å². The summed E-state index contributed by atoms with van der Waals surface area (Å²) in [4.78, 5) is 11.9. The van der Waals surface area contributed by atoms with Crippen molar-refractivity contribution in [2.45, 2.75) is 38.3 Å². The van der Waals surface area contributed by atoms with Crippen molar-refractivity contribution in [2.24, 2.45) is 0 Å². The third kappa shape index (κ3) is 2.61. The summed E-state index contributed by atoms with van der Waals surface area (Å²) in [5.74, 6) is 0.581. The summed E-state index contributed by atoms with van der Waals surface area (Å²) in [5.41, 5.74) is 0. The van der Waals surface area contributed by atoms with E-state index in [9.17, 15) is 4.79 Å². The summed E-state index contributed by atoms with van der Waals surface area (Å²) < 4.78 is 3.29. The van der Waals surface area contributed by atoms with E-state index in [1.54, 1.807) is 6.20 Å². The van der Waals surface area contributed by atoms with Crippen LogP contribution in [-0.2, 0) is 11.3 Å². The van der Waals surface area contributed by atoms with Crippen molar-refractivity contribution in [3.63, 3.8) is 0 Å². The Kier molecular flexibility index (Phi) is 3.21. The molecule has 0 radical (unpaired) electrons. The fraction of sp³-hybridized carbons (Fsp3) is 0.545. The normalized spacial score (nSPS) is 15.8.